The summed E-state index contributed by atoms with van der Waals surface area (Å²) in [5, 5.41) is 4.25. The molecule has 2 heterocycles. The van der Waals surface area contributed by atoms with E-state index >= 15 is 0 Å². The van der Waals surface area contributed by atoms with Gasteiger partial charge in [-0.15, -0.1) is 0 Å². The number of fused-ring (bicyclic) bond motifs is 3. The summed E-state index contributed by atoms with van der Waals surface area (Å²) < 4.78 is 35.6. The van der Waals surface area contributed by atoms with Gasteiger partial charge in [0.15, 0.2) is 6.54 Å². The van der Waals surface area contributed by atoms with Gasteiger partial charge in [0.05, 0.1) is 16.5 Å². The lowest BCUT2D eigenvalue weighted by Crippen LogP contribution is -2.36. The summed E-state index contributed by atoms with van der Waals surface area (Å²) in [5.74, 6) is 0.349. The fraction of sp³-hybridized carbons (Fsp3) is 0.343. The third kappa shape index (κ3) is 7.12. The maximum Gasteiger partial charge on any atom is 0.265 e. The minimum absolute atomic E-state index is 0.248. The van der Waals surface area contributed by atoms with Crippen LogP contribution in [0.2, 0.25) is 0 Å². The van der Waals surface area contributed by atoms with E-state index in [0.29, 0.717) is 18.9 Å². The van der Waals surface area contributed by atoms with Crippen molar-refractivity contribution in [1.82, 2.24) is 0 Å². The molecule has 0 amide bonds. The molecule has 1 atom stereocenters. The first kappa shape index (κ1) is 31.4. The Hall–Kier alpha value is -2.56. The summed E-state index contributed by atoms with van der Waals surface area (Å²) in [4.78, 5) is 4.93. The molecule has 9 heteroatoms. The van der Waals surface area contributed by atoms with Gasteiger partial charge in [0.1, 0.15) is 4.70 Å². The first-order valence-electron chi connectivity index (χ1n) is 15.3. The van der Waals surface area contributed by atoms with Gasteiger partial charge in [0, 0.05) is 34.9 Å². The zero-order valence-electron chi connectivity index (χ0n) is 25.3. The molecule has 3 aromatic rings. The molecule has 0 fully saturated rings. The number of thioether (sulfide) groups is 2. The fourth-order valence-corrected chi connectivity index (χ4v) is 9.62. The average molecular weight is 664 g/mol. The highest BCUT2D eigenvalue weighted by Crippen LogP contribution is 2.48. The molecule has 0 bridgehead atoms. The molecular weight excluding hydrogens is 625 g/mol. The topological polar surface area (TPSA) is 61.5 Å². The van der Waals surface area contributed by atoms with Crippen molar-refractivity contribution in [2.75, 3.05) is 17.2 Å². The second kappa shape index (κ2) is 13.4. The van der Waals surface area contributed by atoms with E-state index in [9.17, 15) is 13.0 Å². The lowest BCUT2D eigenvalue weighted by molar-refractivity contribution is -0.668. The second-order valence-electron chi connectivity index (χ2n) is 11.7. The summed E-state index contributed by atoms with van der Waals surface area (Å²) in [6.07, 6.45) is 15.4. The Morgan fingerprint density at radius 1 is 1.14 bits per heavy atom. The lowest BCUT2D eigenvalue weighted by Gasteiger charge is -2.28. The van der Waals surface area contributed by atoms with Crippen LogP contribution in [0.3, 0.4) is 0 Å². The fourth-order valence-electron chi connectivity index (χ4n) is 6.32. The molecule has 3 aliphatic rings. The summed E-state index contributed by atoms with van der Waals surface area (Å²) in [7, 11) is -4.01. The van der Waals surface area contributed by atoms with Gasteiger partial charge in [0.25, 0.3) is 15.1 Å². The van der Waals surface area contributed by atoms with Crippen LogP contribution in [0, 0.1) is 12.8 Å². The molecule has 6 rings (SSSR count). The minimum atomic E-state index is -4.01. The van der Waals surface area contributed by atoms with E-state index in [-0.39, 0.29) is 5.75 Å². The molecule has 1 aromatic heterocycles. The van der Waals surface area contributed by atoms with Crippen molar-refractivity contribution < 1.29 is 17.5 Å². The number of thiazole rings is 1. The maximum absolute atomic E-state index is 11.5. The van der Waals surface area contributed by atoms with E-state index in [4.69, 9.17) is 0 Å². The van der Waals surface area contributed by atoms with Crippen molar-refractivity contribution in [2.24, 2.45) is 5.92 Å². The molecule has 0 radical (unpaired) electrons. The van der Waals surface area contributed by atoms with Crippen molar-refractivity contribution in [3.63, 3.8) is 0 Å². The normalized spacial score (nSPS) is 20.2. The van der Waals surface area contributed by atoms with E-state index in [2.05, 4.69) is 90.6 Å². The molecule has 230 valence electrons. The van der Waals surface area contributed by atoms with E-state index in [1.807, 2.05) is 17.2 Å². The summed E-state index contributed by atoms with van der Waals surface area (Å²) >= 11 is 5.19. The molecule has 1 aliphatic heterocycles. The van der Waals surface area contributed by atoms with Crippen LogP contribution >= 0.6 is 34.9 Å². The summed E-state index contributed by atoms with van der Waals surface area (Å²) in [6.45, 7) is 9.80. The number of benzene rings is 2. The van der Waals surface area contributed by atoms with Crippen molar-refractivity contribution in [3.8, 4) is 0 Å². The largest absolute Gasteiger partial charge is 0.335 e. The SMILES string of the molecule is C=CSc1ccc2sc(C=C3C=C4C=C(C=C5Sc6ccc(C)cc6N5CCC)CCC4CC3)[n+](CCCS(=O)(=O)O)c2c1. The first-order chi connectivity index (χ1) is 21.2. The molecule has 1 N–H and O–H groups in total. The number of hydrogen-bond acceptors (Lipinski definition) is 6. The third-order valence-electron chi connectivity index (χ3n) is 8.39. The Morgan fingerprint density at radius 2 is 1.98 bits per heavy atom. The standard InChI is InChI=1S/C35H38N2O3S4/c1-4-15-36-30-18-24(3)7-13-32(30)42-34(36)21-25-8-10-27-11-9-26(20-28(27)19-25)22-35-37(16-6-17-44(38,39)40)31-23-29(41-5-2)12-14-33(31)43-35/h5,7,12-14,18-23,27H,2,4,6,8-11,15-17H2,1,3H3/p+1. The molecule has 0 saturated heterocycles. The van der Waals surface area contributed by atoms with Crippen LogP contribution in [0.4, 0.5) is 5.69 Å². The number of allylic oxidation sites excluding steroid dienone is 6. The maximum atomic E-state index is 11.5. The van der Waals surface area contributed by atoms with Gasteiger partial charge in [-0.3, -0.25) is 4.55 Å². The molecule has 5 nitrogen and oxygen atoms in total. The van der Waals surface area contributed by atoms with E-state index in [1.54, 1.807) is 23.1 Å². The minimum Gasteiger partial charge on any atom is -0.335 e. The number of aryl methyl sites for hydroxylation is 2. The number of nitrogens with zero attached hydrogens (tertiary/aromatic N) is 2. The van der Waals surface area contributed by atoms with E-state index in [0.717, 1.165) is 52.3 Å². The predicted octanol–water partition coefficient (Wildman–Crippen LogP) is 9.31. The Kier molecular flexibility index (Phi) is 9.59. The van der Waals surface area contributed by atoms with Crippen LogP contribution in [-0.4, -0.2) is 25.3 Å². The highest BCUT2D eigenvalue weighted by Gasteiger charge is 2.28. The van der Waals surface area contributed by atoms with Crippen LogP contribution in [0.15, 0.2) is 98.2 Å². The zero-order chi connectivity index (χ0) is 30.8. The Morgan fingerprint density at radius 3 is 2.77 bits per heavy atom. The Balaban J connectivity index is 1.31. The van der Waals surface area contributed by atoms with Gasteiger partial charge in [-0.1, -0.05) is 66.6 Å². The van der Waals surface area contributed by atoms with Gasteiger partial charge in [-0.25, -0.2) is 0 Å². The highest BCUT2D eigenvalue weighted by atomic mass is 32.2. The number of hydrogen-bond donors (Lipinski definition) is 1. The van der Waals surface area contributed by atoms with Crippen molar-refractivity contribution in [3.05, 3.63) is 98.9 Å². The second-order valence-corrected chi connectivity index (χ2v) is 16.4. The van der Waals surface area contributed by atoms with Crippen molar-refractivity contribution in [1.29, 1.82) is 0 Å². The lowest BCUT2D eigenvalue weighted by atomic mass is 9.77. The molecule has 44 heavy (non-hydrogen) atoms. The molecule has 2 aromatic carbocycles. The summed E-state index contributed by atoms with van der Waals surface area (Å²) in [5.41, 5.74) is 7.84. The van der Waals surface area contributed by atoms with E-state index < -0.39 is 10.1 Å². The molecular formula is C35H39N2O3S4+. The van der Waals surface area contributed by atoms with Gasteiger partial charge in [0.2, 0.25) is 5.52 Å². The van der Waals surface area contributed by atoms with Crippen LogP contribution < -0.4 is 9.47 Å². The average Bonchev–Trinajstić information content (AvgIpc) is 3.49. The first-order valence-corrected chi connectivity index (χ1v) is 19.4. The quantitative estimate of drug-likeness (QED) is 0.133. The Labute approximate surface area is 273 Å². The smallest absolute Gasteiger partial charge is 0.265 e. The molecule has 0 spiro atoms. The van der Waals surface area contributed by atoms with Crippen molar-refractivity contribution in [2.45, 2.75) is 68.7 Å². The van der Waals surface area contributed by atoms with Crippen LogP contribution in [0.25, 0.3) is 16.3 Å². The van der Waals surface area contributed by atoms with Crippen molar-refractivity contribution >= 4 is 67.0 Å². The predicted molar refractivity (Wildman–Crippen MR) is 188 cm³/mol. The Bertz CT molecular complexity index is 1830. The number of aromatic nitrogens is 1. The van der Waals surface area contributed by atoms with Crippen LogP contribution in [0.1, 0.15) is 56.0 Å². The highest BCUT2D eigenvalue weighted by molar-refractivity contribution is 8.03. The number of rotatable bonds is 10. The van der Waals surface area contributed by atoms with Gasteiger partial charge in [-0.2, -0.15) is 13.0 Å². The molecule has 1 unspecified atom stereocenters. The third-order valence-corrected chi connectivity index (χ3v) is 12.1. The zero-order valence-corrected chi connectivity index (χ0v) is 28.6. The molecule has 2 aliphatic carbocycles. The van der Waals surface area contributed by atoms with Crippen LogP contribution in [0.5, 0.6) is 0 Å². The monoisotopic (exact) mass is 663 g/mol. The van der Waals surface area contributed by atoms with Crippen LogP contribution in [-0.2, 0) is 16.7 Å². The molecule has 0 saturated carbocycles. The van der Waals surface area contributed by atoms with E-state index in [1.165, 1.54) is 44.3 Å². The van der Waals surface area contributed by atoms with Gasteiger partial charge in [-0.05, 0) is 103 Å². The number of anilines is 1. The van der Waals surface area contributed by atoms with Gasteiger partial charge < -0.3 is 4.90 Å². The van der Waals surface area contributed by atoms with Gasteiger partial charge >= 0.3 is 0 Å². The summed E-state index contributed by atoms with van der Waals surface area (Å²) in [6, 6.07) is 13.2.